The Morgan fingerprint density at radius 1 is 1.12 bits per heavy atom. The van der Waals surface area contributed by atoms with E-state index < -0.39 is 29.1 Å². The lowest BCUT2D eigenvalue weighted by Crippen LogP contribution is -2.22. The fraction of sp³-hybridized carbons (Fsp3) is 0.289. The summed E-state index contributed by atoms with van der Waals surface area (Å²) in [4.78, 5) is 14.6. The summed E-state index contributed by atoms with van der Waals surface area (Å²) in [5.41, 5.74) is 3.88. The summed E-state index contributed by atoms with van der Waals surface area (Å²) in [6, 6.07) is 16.9. The summed E-state index contributed by atoms with van der Waals surface area (Å²) in [7, 11) is 0. The maximum absolute atomic E-state index is 15.7. The predicted octanol–water partition coefficient (Wildman–Crippen LogP) is 8.24. The molecule has 2 unspecified atom stereocenters. The van der Waals surface area contributed by atoms with Crippen molar-refractivity contribution in [2.45, 2.75) is 58.2 Å². The number of carboxylic acid groups (broad SMARTS) is 1. The third kappa shape index (κ3) is 6.58. The van der Waals surface area contributed by atoms with Crippen LogP contribution in [0.3, 0.4) is 0 Å². The molecule has 2 N–H and O–H groups in total. The van der Waals surface area contributed by atoms with Gasteiger partial charge in [0.2, 0.25) is 0 Å². The van der Waals surface area contributed by atoms with E-state index >= 15 is 8.78 Å². The van der Waals surface area contributed by atoms with Crippen LogP contribution in [-0.4, -0.2) is 42.2 Å². The van der Waals surface area contributed by atoms with E-state index in [-0.39, 0.29) is 29.6 Å². The van der Waals surface area contributed by atoms with Crippen molar-refractivity contribution >= 4 is 16.9 Å². The van der Waals surface area contributed by atoms with E-state index in [2.05, 4.69) is 10.1 Å². The number of carboxylic acids is 1. The number of nitrogens with one attached hydrogen (secondary N) is 1. The monoisotopic (exact) mass is 665 g/mol. The van der Waals surface area contributed by atoms with Gasteiger partial charge in [-0.05, 0) is 74.6 Å². The van der Waals surface area contributed by atoms with E-state index in [4.69, 9.17) is 14.6 Å². The van der Waals surface area contributed by atoms with Crippen LogP contribution < -0.4 is 4.74 Å². The van der Waals surface area contributed by atoms with Crippen molar-refractivity contribution in [1.29, 1.82) is 0 Å². The first-order valence-electron chi connectivity index (χ1n) is 16.4. The van der Waals surface area contributed by atoms with E-state index in [1.165, 1.54) is 24.3 Å². The minimum absolute atomic E-state index is 0.0258. The number of ether oxygens (including phenoxy) is 2. The number of hydrogen-bond acceptors (Lipinski definition) is 5. The summed E-state index contributed by atoms with van der Waals surface area (Å²) in [5.74, 6) is -2.16. The standard InChI is InChI=1S/C38H37F2N5O4/c1-23(37(46)47)16-24-6-4-7-25(17-24)35-8-5-15-48-38(2,3)26-20-42-44(21-26)22-30-28-11-13-41-34(28)19-32(40)36(30)49-27-9-10-31(39)29(18-27)33-12-14-45(35)43-33/h4,6-7,9-14,17-21,23,35,41H,5,8,15-16,22H2,1-3H3,(H,46,47). The van der Waals surface area contributed by atoms with Crippen LogP contribution in [0.5, 0.6) is 11.5 Å². The Morgan fingerprint density at radius 3 is 2.82 bits per heavy atom. The summed E-state index contributed by atoms with van der Waals surface area (Å²) in [6.07, 6.45) is 8.95. The quantitative estimate of drug-likeness (QED) is 0.196. The second-order valence-electron chi connectivity index (χ2n) is 13.2. The highest BCUT2D eigenvalue weighted by atomic mass is 19.1. The highest BCUT2D eigenvalue weighted by Crippen LogP contribution is 2.37. The van der Waals surface area contributed by atoms with Crippen molar-refractivity contribution in [3.05, 3.63) is 119 Å². The van der Waals surface area contributed by atoms with Crippen LogP contribution in [0.25, 0.3) is 22.2 Å². The molecule has 0 saturated heterocycles. The van der Waals surface area contributed by atoms with Crippen molar-refractivity contribution in [2.75, 3.05) is 6.61 Å². The van der Waals surface area contributed by atoms with Gasteiger partial charge < -0.3 is 19.6 Å². The maximum atomic E-state index is 15.7. The van der Waals surface area contributed by atoms with Crippen LogP contribution in [-0.2, 0) is 28.1 Å². The Hall–Kier alpha value is -5.29. The normalized spacial score (nSPS) is 17.0. The van der Waals surface area contributed by atoms with E-state index in [9.17, 15) is 9.90 Å². The maximum Gasteiger partial charge on any atom is 0.306 e. The molecule has 0 fully saturated rings. The molecule has 0 spiro atoms. The minimum atomic E-state index is -0.850. The lowest BCUT2D eigenvalue weighted by atomic mass is 9.95. The van der Waals surface area contributed by atoms with Gasteiger partial charge in [0.15, 0.2) is 11.6 Å². The van der Waals surface area contributed by atoms with Gasteiger partial charge in [0.25, 0.3) is 0 Å². The molecule has 3 aromatic heterocycles. The average Bonchev–Trinajstić information content (AvgIpc) is 3.85. The number of H-pyrrole nitrogens is 1. The van der Waals surface area contributed by atoms with E-state index in [1.54, 1.807) is 30.1 Å². The molecule has 6 bridgehead atoms. The zero-order valence-corrected chi connectivity index (χ0v) is 27.5. The third-order valence-electron chi connectivity index (χ3n) is 9.26. The molecule has 4 heterocycles. The van der Waals surface area contributed by atoms with Crippen LogP contribution >= 0.6 is 0 Å². The van der Waals surface area contributed by atoms with Crippen molar-refractivity contribution in [2.24, 2.45) is 5.92 Å². The second-order valence-corrected chi connectivity index (χ2v) is 13.2. The lowest BCUT2D eigenvalue weighted by molar-refractivity contribution is -0.141. The fourth-order valence-corrected chi connectivity index (χ4v) is 6.46. The molecule has 49 heavy (non-hydrogen) atoms. The second kappa shape index (κ2) is 13.0. The smallest absolute Gasteiger partial charge is 0.306 e. The van der Waals surface area contributed by atoms with Crippen molar-refractivity contribution in [1.82, 2.24) is 24.5 Å². The van der Waals surface area contributed by atoms with Gasteiger partial charge in [-0.25, -0.2) is 8.78 Å². The number of aromatic amines is 1. The molecule has 0 saturated carbocycles. The summed E-state index contributed by atoms with van der Waals surface area (Å²) in [5, 5.41) is 19.7. The molecule has 7 rings (SSSR count). The fourth-order valence-electron chi connectivity index (χ4n) is 6.46. The number of rotatable bonds is 4. The van der Waals surface area contributed by atoms with Crippen LogP contribution in [0.15, 0.2) is 85.5 Å². The van der Waals surface area contributed by atoms with Crippen LogP contribution in [0.4, 0.5) is 8.78 Å². The molecule has 9 nitrogen and oxygen atoms in total. The van der Waals surface area contributed by atoms with Crippen LogP contribution in [0.1, 0.15) is 61.9 Å². The first-order chi connectivity index (χ1) is 23.6. The SMILES string of the molecule is CC(Cc1cccc(C2CCCOC(C)(C)c3cnn(c3)Cc3c(c(F)cc4[nH]ccc34)Oc3ccc(F)c(c3)-c3ccn2n3)c1)C(=O)O. The molecular weight excluding hydrogens is 628 g/mol. The number of aromatic nitrogens is 5. The molecule has 2 atom stereocenters. The minimum Gasteiger partial charge on any atom is -0.481 e. The molecule has 0 amide bonds. The van der Waals surface area contributed by atoms with Gasteiger partial charge in [-0.1, -0.05) is 31.2 Å². The summed E-state index contributed by atoms with van der Waals surface area (Å²) >= 11 is 0. The van der Waals surface area contributed by atoms with Gasteiger partial charge in [-0.3, -0.25) is 14.2 Å². The number of fused-ring (bicyclic) bond motifs is 10. The zero-order valence-electron chi connectivity index (χ0n) is 27.5. The van der Waals surface area contributed by atoms with Crippen molar-refractivity contribution in [3.63, 3.8) is 0 Å². The zero-order chi connectivity index (χ0) is 34.3. The highest BCUT2D eigenvalue weighted by molar-refractivity contribution is 5.85. The largest absolute Gasteiger partial charge is 0.481 e. The molecule has 1 aliphatic rings. The molecule has 3 aromatic carbocycles. The first-order valence-corrected chi connectivity index (χ1v) is 16.4. The Morgan fingerprint density at radius 2 is 1.98 bits per heavy atom. The van der Waals surface area contributed by atoms with Crippen molar-refractivity contribution < 1.29 is 28.2 Å². The van der Waals surface area contributed by atoms with Crippen LogP contribution in [0, 0.1) is 17.6 Å². The van der Waals surface area contributed by atoms with Gasteiger partial charge in [-0.15, -0.1) is 0 Å². The average molecular weight is 666 g/mol. The topological polar surface area (TPSA) is 107 Å². The van der Waals surface area contributed by atoms with E-state index in [0.717, 1.165) is 22.1 Å². The van der Waals surface area contributed by atoms with Crippen LogP contribution in [0.2, 0.25) is 0 Å². The molecule has 11 heteroatoms. The van der Waals surface area contributed by atoms with E-state index in [0.29, 0.717) is 42.6 Å². The van der Waals surface area contributed by atoms with Gasteiger partial charge in [-0.2, -0.15) is 10.2 Å². The molecule has 0 aliphatic carbocycles. The molecule has 6 aromatic rings. The van der Waals surface area contributed by atoms with Gasteiger partial charge in [0, 0.05) is 58.9 Å². The molecule has 252 valence electrons. The number of aliphatic carboxylic acids is 1. The Balaban J connectivity index is 1.32. The number of carbonyl (C=O) groups is 1. The summed E-state index contributed by atoms with van der Waals surface area (Å²) in [6.45, 7) is 6.34. The Kier molecular flexibility index (Phi) is 8.54. The Labute approximate surface area is 282 Å². The molecular formula is C38H37F2N5O4. The molecule has 0 radical (unpaired) electrons. The first kappa shape index (κ1) is 32.3. The van der Waals surface area contributed by atoms with Gasteiger partial charge >= 0.3 is 5.97 Å². The number of halogens is 2. The summed E-state index contributed by atoms with van der Waals surface area (Å²) < 4.78 is 47.3. The van der Waals surface area contributed by atoms with E-state index in [1.807, 2.05) is 61.3 Å². The third-order valence-corrected chi connectivity index (χ3v) is 9.26. The predicted molar refractivity (Wildman–Crippen MR) is 181 cm³/mol. The number of nitrogens with zero attached hydrogens (tertiary/aromatic N) is 4. The lowest BCUT2D eigenvalue weighted by Gasteiger charge is -2.25. The van der Waals surface area contributed by atoms with Gasteiger partial charge in [0.1, 0.15) is 11.6 Å². The molecule has 1 aliphatic heterocycles. The number of benzene rings is 3. The Bertz CT molecular complexity index is 2150. The number of hydrogen-bond donors (Lipinski definition) is 2. The van der Waals surface area contributed by atoms with Gasteiger partial charge in [0.05, 0.1) is 36.0 Å². The van der Waals surface area contributed by atoms with Crippen molar-refractivity contribution in [3.8, 4) is 22.8 Å². The highest BCUT2D eigenvalue weighted by Gasteiger charge is 2.26.